The van der Waals surface area contributed by atoms with Crippen LogP contribution in [0.4, 0.5) is 0 Å². The maximum atomic E-state index is 14.2. The summed E-state index contributed by atoms with van der Waals surface area (Å²) in [6.45, 7) is 13.3. The van der Waals surface area contributed by atoms with Gasteiger partial charge in [0.25, 0.3) is 5.91 Å². The van der Waals surface area contributed by atoms with Crippen LogP contribution in [0.2, 0.25) is 0 Å². The van der Waals surface area contributed by atoms with Crippen molar-refractivity contribution in [2.75, 3.05) is 20.3 Å². The van der Waals surface area contributed by atoms with E-state index in [9.17, 15) is 14.4 Å². The number of cyclic esters (lactones) is 1. The van der Waals surface area contributed by atoms with Crippen LogP contribution in [0.3, 0.4) is 0 Å². The number of thioether (sulfide) groups is 1. The zero-order chi connectivity index (χ0) is 38.1. The van der Waals surface area contributed by atoms with Crippen LogP contribution in [0, 0.1) is 23.2 Å². The normalized spacial score (nSPS) is 30.4. The van der Waals surface area contributed by atoms with Gasteiger partial charge in [-0.3, -0.25) is 29.4 Å². The van der Waals surface area contributed by atoms with Crippen LogP contribution in [0.25, 0.3) is 22.2 Å². The van der Waals surface area contributed by atoms with Crippen LogP contribution in [0.1, 0.15) is 109 Å². The number of ether oxygens (including phenoxy) is 2. The van der Waals surface area contributed by atoms with Crippen molar-refractivity contribution >= 4 is 45.5 Å². The molecule has 54 heavy (non-hydrogen) atoms. The molecule has 1 aromatic carbocycles. The molecule has 8 rings (SSSR count). The van der Waals surface area contributed by atoms with Crippen molar-refractivity contribution in [1.82, 2.24) is 25.3 Å². The standard InChI is InChI=1S/C42H54N6O5S/c1-22-23(2)35(22)39(49)44-32-19-34-45-37(25(4)54-34)26-12-15-33-29(18-26)30(20-42(5,6)21-53-41(51)31-11-9-17-47(46-31)40(32)50)38(48(33)27-13-14-27)28-10-8-16-43-36(28)24(3)52-7/h8,10,12,15-16,18,22-25,27,31-32,35,37,46H,9,11,13-14,17,19-21H2,1-7H3,(H,44,49)/t22-,23+,24-,25?,31-,32-,35?,37?/m0/s1. The van der Waals surface area contributed by atoms with E-state index in [1.165, 1.54) is 21.5 Å². The van der Waals surface area contributed by atoms with Crippen LogP contribution in [0.5, 0.6) is 0 Å². The Morgan fingerprint density at radius 1 is 1.13 bits per heavy atom. The highest BCUT2D eigenvalue weighted by Crippen LogP contribution is 2.49. The SMILES string of the molecule is CO[C@@H](C)c1ncccc1-c1c2c3cc(ccc3n1C1CC1)C1N=C(C[C@H](NC(=O)C3[C@@H](C)[C@H]3C)C(=O)N3CCC[C@H](N3)C(=O)OCC(C)(C)C2)SC1C. The Morgan fingerprint density at radius 3 is 2.63 bits per heavy atom. The summed E-state index contributed by atoms with van der Waals surface area (Å²) in [6, 6.07) is 9.76. The quantitative estimate of drug-likeness (QED) is 0.266. The number of hydrazine groups is 1. The lowest BCUT2D eigenvalue weighted by atomic mass is 9.84. The first-order valence-electron chi connectivity index (χ1n) is 19.8. The second kappa shape index (κ2) is 14.4. The van der Waals surface area contributed by atoms with Gasteiger partial charge in [0, 0.05) is 65.4 Å². The van der Waals surface area contributed by atoms with Crippen molar-refractivity contribution in [3.8, 4) is 11.3 Å². The monoisotopic (exact) mass is 754 g/mol. The van der Waals surface area contributed by atoms with Crippen molar-refractivity contribution in [2.24, 2.45) is 28.2 Å². The van der Waals surface area contributed by atoms with E-state index in [1.54, 1.807) is 18.9 Å². The Labute approximate surface area is 322 Å². The highest BCUT2D eigenvalue weighted by Gasteiger charge is 2.49. The van der Waals surface area contributed by atoms with Gasteiger partial charge in [0.1, 0.15) is 12.1 Å². The molecular formula is C42H54N6O5S. The Bertz CT molecular complexity index is 2000. The van der Waals surface area contributed by atoms with Crippen LogP contribution in [-0.2, 0) is 30.3 Å². The summed E-state index contributed by atoms with van der Waals surface area (Å²) in [5, 5.41) is 6.80. The van der Waals surface area contributed by atoms with E-state index < -0.39 is 17.5 Å². The van der Waals surface area contributed by atoms with Gasteiger partial charge in [-0.15, -0.1) is 11.8 Å². The minimum Gasteiger partial charge on any atom is -0.464 e. The Hall–Kier alpha value is -3.74. The van der Waals surface area contributed by atoms with Gasteiger partial charge in [-0.1, -0.05) is 40.7 Å². The summed E-state index contributed by atoms with van der Waals surface area (Å²) in [4.78, 5) is 51.5. The number of hydrogen-bond donors (Lipinski definition) is 2. The third-order valence-electron chi connectivity index (χ3n) is 12.4. The number of carbonyl (C=O) groups is 3. The second-order valence-corrected chi connectivity index (χ2v) is 18.5. The van der Waals surface area contributed by atoms with Crippen molar-refractivity contribution in [1.29, 1.82) is 0 Å². The summed E-state index contributed by atoms with van der Waals surface area (Å²) in [5.74, 6) is -0.264. The predicted molar refractivity (Wildman–Crippen MR) is 211 cm³/mol. The maximum absolute atomic E-state index is 14.2. The first kappa shape index (κ1) is 37.2. The summed E-state index contributed by atoms with van der Waals surface area (Å²) >= 11 is 1.68. The fourth-order valence-electron chi connectivity index (χ4n) is 8.82. The second-order valence-electron chi connectivity index (χ2n) is 17.1. The molecule has 5 aliphatic rings. The molecule has 2 aliphatic carbocycles. The molecule has 2 saturated carbocycles. The number of nitrogens with zero attached hydrogens (tertiary/aromatic N) is 4. The summed E-state index contributed by atoms with van der Waals surface area (Å²) < 4.78 is 14.5. The van der Waals surface area contributed by atoms with Crippen LogP contribution >= 0.6 is 11.8 Å². The van der Waals surface area contributed by atoms with E-state index in [0.717, 1.165) is 40.4 Å². The number of benzene rings is 1. The molecule has 0 radical (unpaired) electrons. The van der Waals surface area contributed by atoms with Crippen molar-refractivity contribution in [3.05, 3.63) is 53.3 Å². The van der Waals surface area contributed by atoms with Crippen molar-refractivity contribution in [3.63, 3.8) is 0 Å². The van der Waals surface area contributed by atoms with Crippen LogP contribution in [-0.4, -0.2) is 75.0 Å². The minimum atomic E-state index is -0.804. The highest BCUT2D eigenvalue weighted by atomic mass is 32.2. The molecule has 2 N–H and O–H groups in total. The zero-order valence-corrected chi connectivity index (χ0v) is 33.4. The smallest absolute Gasteiger partial charge is 0.324 e. The summed E-state index contributed by atoms with van der Waals surface area (Å²) in [7, 11) is 1.72. The van der Waals surface area contributed by atoms with Crippen molar-refractivity contribution < 1.29 is 23.9 Å². The molecule has 3 aromatic rings. The van der Waals surface area contributed by atoms with E-state index in [2.05, 4.69) is 74.2 Å². The Kier molecular flexibility index (Phi) is 9.92. The van der Waals surface area contributed by atoms with Gasteiger partial charge in [-0.2, -0.15) is 0 Å². The molecule has 12 heteroatoms. The molecule has 11 nitrogen and oxygen atoms in total. The lowest BCUT2D eigenvalue weighted by Crippen LogP contribution is -2.60. The number of amides is 2. The van der Waals surface area contributed by atoms with E-state index >= 15 is 0 Å². The topological polar surface area (TPSA) is 127 Å². The lowest BCUT2D eigenvalue weighted by molar-refractivity contribution is -0.155. The maximum Gasteiger partial charge on any atom is 0.324 e. The number of hydrogen-bond acceptors (Lipinski definition) is 9. The number of rotatable bonds is 6. The van der Waals surface area contributed by atoms with Gasteiger partial charge >= 0.3 is 5.97 Å². The fraction of sp³-hybridized carbons (Fsp3) is 0.595. The predicted octanol–water partition coefficient (Wildman–Crippen LogP) is 6.72. The summed E-state index contributed by atoms with van der Waals surface area (Å²) in [6.07, 6.45) is 6.01. The van der Waals surface area contributed by atoms with Gasteiger partial charge in [0.2, 0.25) is 5.91 Å². The number of aliphatic imine (C=N–C) groups is 1. The van der Waals surface area contributed by atoms with Crippen molar-refractivity contribution in [2.45, 2.75) is 116 Å². The number of aromatic nitrogens is 2. The number of nitrogens with one attached hydrogen (secondary N) is 2. The number of methoxy groups -OCH3 is 1. The fourth-order valence-corrected chi connectivity index (χ4v) is 10.0. The molecule has 3 aliphatic heterocycles. The van der Waals surface area contributed by atoms with E-state index in [1.807, 2.05) is 19.2 Å². The van der Waals surface area contributed by atoms with Crippen LogP contribution < -0.4 is 10.7 Å². The largest absolute Gasteiger partial charge is 0.464 e. The Balaban J connectivity index is 1.25. The number of pyridine rings is 1. The first-order valence-corrected chi connectivity index (χ1v) is 20.7. The number of carbonyl (C=O) groups excluding carboxylic acids is 3. The highest BCUT2D eigenvalue weighted by molar-refractivity contribution is 8.14. The van der Waals surface area contributed by atoms with Gasteiger partial charge in [-0.05, 0) is 86.3 Å². The summed E-state index contributed by atoms with van der Waals surface area (Å²) in [5.41, 5.74) is 9.38. The molecule has 1 saturated heterocycles. The van der Waals surface area contributed by atoms with E-state index in [4.69, 9.17) is 19.5 Å². The molecule has 5 heterocycles. The molecule has 0 spiro atoms. The van der Waals surface area contributed by atoms with E-state index in [0.29, 0.717) is 38.3 Å². The molecule has 3 fully saturated rings. The molecule has 6 bridgehead atoms. The molecular weight excluding hydrogens is 701 g/mol. The molecule has 8 atom stereocenters. The molecule has 3 unspecified atom stereocenters. The average Bonchev–Trinajstić information content (AvgIpc) is 4.04. The lowest BCUT2D eigenvalue weighted by Gasteiger charge is -2.35. The number of fused-ring (bicyclic) bond motifs is 5. The molecule has 288 valence electrons. The Morgan fingerprint density at radius 2 is 1.91 bits per heavy atom. The third-order valence-corrected chi connectivity index (χ3v) is 13.6. The van der Waals surface area contributed by atoms with Gasteiger partial charge in [0.05, 0.1) is 35.2 Å². The number of esters is 1. The average molecular weight is 755 g/mol. The van der Waals surface area contributed by atoms with Gasteiger partial charge < -0.3 is 19.4 Å². The zero-order valence-electron chi connectivity index (χ0n) is 32.6. The third kappa shape index (κ3) is 6.98. The van der Waals surface area contributed by atoms with Gasteiger partial charge in [-0.25, -0.2) is 5.43 Å². The first-order chi connectivity index (χ1) is 25.8. The van der Waals surface area contributed by atoms with Gasteiger partial charge in [0.15, 0.2) is 0 Å². The molecule has 2 aromatic heterocycles. The molecule has 2 amide bonds. The van der Waals surface area contributed by atoms with E-state index in [-0.39, 0.29) is 59.5 Å². The minimum absolute atomic E-state index is 0.0930. The van der Waals surface area contributed by atoms with Crippen LogP contribution in [0.15, 0.2) is 41.5 Å².